The van der Waals surface area contributed by atoms with Crippen LogP contribution in [0.1, 0.15) is 31.9 Å². The molecule has 0 saturated heterocycles. The van der Waals surface area contributed by atoms with E-state index in [2.05, 4.69) is 65.8 Å². The lowest BCUT2D eigenvalue weighted by molar-refractivity contribution is -0.118. The minimum absolute atomic E-state index is 0.0465. The SMILES string of the molecule is COc1ccc(-n2c(SCC(=O)N/N=C\c3ccccc3Cl)nnc2-c2ccc(C(C)(C)C)cc2)cc1. The second-order valence-electron chi connectivity index (χ2n) is 9.27. The number of carbonyl (C=O) groups excluding carboxylic acids is 1. The number of nitrogens with one attached hydrogen (secondary N) is 1. The van der Waals surface area contributed by atoms with Gasteiger partial charge in [-0.05, 0) is 41.3 Å². The quantitative estimate of drug-likeness (QED) is 0.167. The molecule has 3 aromatic carbocycles. The number of carbonyl (C=O) groups is 1. The van der Waals surface area contributed by atoms with Gasteiger partial charge in [0.15, 0.2) is 11.0 Å². The number of halogens is 1. The van der Waals surface area contributed by atoms with Crippen molar-refractivity contribution in [3.63, 3.8) is 0 Å². The van der Waals surface area contributed by atoms with Gasteiger partial charge in [-0.1, -0.05) is 86.6 Å². The van der Waals surface area contributed by atoms with Gasteiger partial charge >= 0.3 is 0 Å². The van der Waals surface area contributed by atoms with E-state index >= 15 is 0 Å². The molecule has 0 saturated carbocycles. The molecule has 0 aliphatic carbocycles. The molecule has 4 aromatic rings. The van der Waals surface area contributed by atoms with Crippen molar-refractivity contribution in [2.24, 2.45) is 5.10 Å². The zero-order valence-electron chi connectivity index (χ0n) is 21.1. The van der Waals surface area contributed by atoms with Gasteiger partial charge < -0.3 is 4.74 Å². The van der Waals surface area contributed by atoms with Crippen molar-refractivity contribution >= 4 is 35.5 Å². The van der Waals surface area contributed by atoms with Crippen molar-refractivity contribution in [2.45, 2.75) is 31.3 Å². The number of amides is 1. The van der Waals surface area contributed by atoms with Crippen LogP contribution in [0.3, 0.4) is 0 Å². The number of hydrogen-bond donors (Lipinski definition) is 1. The normalized spacial score (nSPS) is 11.6. The zero-order valence-corrected chi connectivity index (χ0v) is 22.7. The Kier molecular flexibility index (Phi) is 8.31. The predicted octanol–water partition coefficient (Wildman–Crippen LogP) is 6.14. The molecule has 0 unspecified atom stereocenters. The third kappa shape index (κ3) is 6.58. The first kappa shape index (κ1) is 26.4. The average Bonchev–Trinajstić information content (AvgIpc) is 3.32. The van der Waals surface area contributed by atoms with Gasteiger partial charge in [0, 0.05) is 21.8 Å². The number of benzene rings is 3. The van der Waals surface area contributed by atoms with Crippen LogP contribution in [-0.4, -0.2) is 39.7 Å². The van der Waals surface area contributed by atoms with Crippen molar-refractivity contribution in [1.29, 1.82) is 0 Å². The largest absolute Gasteiger partial charge is 0.497 e. The molecule has 37 heavy (non-hydrogen) atoms. The van der Waals surface area contributed by atoms with Crippen molar-refractivity contribution in [3.05, 3.63) is 88.9 Å². The molecule has 0 bridgehead atoms. The van der Waals surface area contributed by atoms with Crippen LogP contribution in [0.5, 0.6) is 5.75 Å². The van der Waals surface area contributed by atoms with Gasteiger partial charge in [0.2, 0.25) is 0 Å². The second-order valence-corrected chi connectivity index (χ2v) is 10.6. The number of hydrazone groups is 1. The summed E-state index contributed by atoms with van der Waals surface area (Å²) >= 11 is 7.40. The van der Waals surface area contributed by atoms with Gasteiger partial charge in [0.05, 0.1) is 19.1 Å². The van der Waals surface area contributed by atoms with Crippen LogP contribution in [0.15, 0.2) is 83.1 Å². The Morgan fingerprint density at radius 1 is 1.05 bits per heavy atom. The van der Waals surface area contributed by atoms with Gasteiger partial charge in [-0.2, -0.15) is 5.10 Å². The van der Waals surface area contributed by atoms with E-state index in [1.54, 1.807) is 13.2 Å². The Morgan fingerprint density at radius 3 is 2.41 bits per heavy atom. The predicted molar refractivity (Wildman–Crippen MR) is 150 cm³/mol. The van der Waals surface area contributed by atoms with E-state index in [0.717, 1.165) is 22.6 Å². The molecular weight excluding hydrogens is 506 g/mol. The van der Waals surface area contributed by atoms with E-state index in [-0.39, 0.29) is 17.1 Å². The standard InChI is InChI=1S/C28H28ClN5O2S/c1-28(2,3)21-11-9-19(10-12-21)26-32-33-27(34(26)22-13-15-23(36-4)16-14-22)37-18-25(35)31-30-17-20-7-5-6-8-24(20)29/h5-17H,18H2,1-4H3,(H,31,35)/b30-17-. The molecule has 1 aromatic heterocycles. The van der Waals surface area contributed by atoms with Crippen molar-refractivity contribution < 1.29 is 9.53 Å². The van der Waals surface area contributed by atoms with Crippen LogP contribution < -0.4 is 10.2 Å². The van der Waals surface area contributed by atoms with Crippen molar-refractivity contribution in [2.75, 3.05) is 12.9 Å². The highest BCUT2D eigenvalue weighted by atomic mass is 35.5. The second kappa shape index (κ2) is 11.6. The number of ether oxygens (including phenoxy) is 1. The maximum atomic E-state index is 12.5. The summed E-state index contributed by atoms with van der Waals surface area (Å²) in [6.07, 6.45) is 1.52. The first-order chi connectivity index (χ1) is 17.8. The third-order valence-electron chi connectivity index (χ3n) is 5.60. The Labute approximate surface area is 225 Å². The van der Waals surface area contributed by atoms with Crippen LogP contribution >= 0.6 is 23.4 Å². The molecule has 0 spiro atoms. The van der Waals surface area contributed by atoms with E-state index in [1.807, 2.05) is 47.0 Å². The van der Waals surface area contributed by atoms with Gasteiger partial charge in [-0.25, -0.2) is 5.43 Å². The Bertz CT molecular complexity index is 1390. The molecule has 190 valence electrons. The number of rotatable bonds is 8. The highest BCUT2D eigenvalue weighted by molar-refractivity contribution is 7.99. The minimum Gasteiger partial charge on any atom is -0.497 e. The molecule has 1 amide bonds. The molecule has 0 atom stereocenters. The zero-order chi connectivity index (χ0) is 26.4. The molecule has 1 N–H and O–H groups in total. The molecule has 7 nitrogen and oxygen atoms in total. The first-order valence-corrected chi connectivity index (χ1v) is 13.0. The van der Waals surface area contributed by atoms with Crippen molar-refractivity contribution in [1.82, 2.24) is 20.2 Å². The first-order valence-electron chi connectivity index (χ1n) is 11.7. The summed E-state index contributed by atoms with van der Waals surface area (Å²) < 4.78 is 7.25. The molecule has 9 heteroatoms. The van der Waals surface area contributed by atoms with E-state index in [1.165, 1.54) is 23.5 Å². The van der Waals surface area contributed by atoms with Crippen LogP contribution in [0.2, 0.25) is 5.02 Å². The average molecular weight is 534 g/mol. The third-order valence-corrected chi connectivity index (χ3v) is 6.88. The van der Waals surface area contributed by atoms with Crippen LogP contribution in [0, 0.1) is 0 Å². The van der Waals surface area contributed by atoms with Crippen molar-refractivity contribution in [3.8, 4) is 22.8 Å². The summed E-state index contributed by atoms with van der Waals surface area (Å²) in [6.45, 7) is 6.54. The maximum Gasteiger partial charge on any atom is 0.250 e. The maximum absolute atomic E-state index is 12.5. The number of nitrogens with zero attached hydrogens (tertiary/aromatic N) is 4. The Morgan fingerprint density at radius 2 is 1.76 bits per heavy atom. The summed E-state index contributed by atoms with van der Waals surface area (Å²) in [6, 6.07) is 23.2. The number of thioether (sulfide) groups is 1. The molecule has 4 rings (SSSR count). The number of aromatic nitrogens is 3. The highest BCUT2D eigenvalue weighted by Crippen LogP contribution is 2.30. The van der Waals surface area contributed by atoms with E-state index in [4.69, 9.17) is 16.3 Å². The highest BCUT2D eigenvalue weighted by Gasteiger charge is 2.19. The number of methoxy groups -OCH3 is 1. The lowest BCUT2D eigenvalue weighted by atomic mass is 9.87. The number of hydrogen-bond acceptors (Lipinski definition) is 6. The summed E-state index contributed by atoms with van der Waals surface area (Å²) in [4.78, 5) is 12.5. The molecule has 0 fully saturated rings. The van der Waals surface area contributed by atoms with Gasteiger partial charge in [-0.15, -0.1) is 10.2 Å². The molecule has 0 aliphatic rings. The molecular formula is C28H28ClN5O2S. The van der Waals surface area contributed by atoms with Gasteiger partial charge in [-0.3, -0.25) is 9.36 Å². The summed E-state index contributed by atoms with van der Waals surface area (Å²) in [5, 5.41) is 14.0. The van der Waals surface area contributed by atoms with E-state index in [0.29, 0.717) is 16.0 Å². The Balaban J connectivity index is 1.56. The van der Waals surface area contributed by atoms with Crippen LogP contribution in [0.25, 0.3) is 17.1 Å². The monoisotopic (exact) mass is 533 g/mol. The van der Waals surface area contributed by atoms with Crippen LogP contribution in [0.4, 0.5) is 0 Å². The molecule has 0 radical (unpaired) electrons. The van der Waals surface area contributed by atoms with E-state index in [9.17, 15) is 4.79 Å². The Hall–Kier alpha value is -3.62. The van der Waals surface area contributed by atoms with E-state index < -0.39 is 0 Å². The summed E-state index contributed by atoms with van der Waals surface area (Å²) in [5.41, 5.74) is 6.33. The smallest absolute Gasteiger partial charge is 0.250 e. The topological polar surface area (TPSA) is 81.4 Å². The van der Waals surface area contributed by atoms with Crippen LogP contribution in [-0.2, 0) is 10.2 Å². The fourth-order valence-electron chi connectivity index (χ4n) is 3.55. The minimum atomic E-state index is -0.270. The summed E-state index contributed by atoms with van der Waals surface area (Å²) in [5.74, 6) is 1.27. The lowest BCUT2D eigenvalue weighted by Crippen LogP contribution is -2.20. The fraction of sp³-hybridized carbons (Fsp3) is 0.214. The lowest BCUT2D eigenvalue weighted by Gasteiger charge is -2.19. The summed E-state index contributed by atoms with van der Waals surface area (Å²) in [7, 11) is 1.63. The van der Waals surface area contributed by atoms with Gasteiger partial charge in [0.1, 0.15) is 5.75 Å². The molecule has 0 aliphatic heterocycles. The molecule has 1 heterocycles. The fourth-order valence-corrected chi connectivity index (χ4v) is 4.48. The van der Waals surface area contributed by atoms with Gasteiger partial charge in [0.25, 0.3) is 5.91 Å².